The van der Waals surface area contributed by atoms with Gasteiger partial charge in [0.2, 0.25) is 0 Å². The van der Waals surface area contributed by atoms with Crippen molar-refractivity contribution in [3.05, 3.63) is 28.8 Å². The summed E-state index contributed by atoms with van der Waals surface area (Å²) in [5, 5.41) is 3.16. The van der Waals surface area contributed by atoms with E-state index in [0.717, 1.165) is 40.9 Å². The topological polar surface area (TPSA) is 29.1 Å². The maximum Gasteiger partial charge on any atom is 0.279 e. The minimum atomic E-state index is 0.161. The Morgan fingerprint density at radius 1 is 1.10 bits per heavy atom. The first-order chi connectivity index (χ1) is 9.96. The van der Waals surface area contributed by atoms with Crippen LogP contribution in [0, 0.1) is 20.8 Å². The Morgan fingerprint density at radius 3 is 2.19 bits per heavy atom. The molecule has 21 heavy (non-hydrogen) atoms. The molecule has 0 aliphatic carbocycles. The van der Waals surface area contributed by atoms with Crippen molar-refractivity contribution in [3.63, 3.8) is 0 Å². The third-order valence-corrected chi connectivity index (χ3v) is 4.86. The normalized spacial score (nSPS) is 17.5. The second-order valence-corrected chi connectivity index (χ2v) is 6.65. The minimum absolute atomic E-state index is 0.161. The number of anilines is 1. The number of likely N-dealkylation sites (N-methyl/N-ethyl adjacent to an activating group) is 1. The van der Waals surface area contributed by atoms with Gasteiger partial charge in [0.15, 0.2) is 6.54 Å². The number of aryl methyl sites for hydroxylation is 3. The van der Waals surface area contributed by atoms with Crippen molar-refractivity contribution in [1.29, 1.82) is 0 Å². The Balaban J connectivity index is 2.08. The number of nitrogens with zero attached hydrogens (tertiary/aromatic N) is 1. The molecule has 1 amide bonds. The molecule has 3 nitrogen and oxygen atoms in total. The highest BCUT2D eigenvalue weighted by Crippen LogP contribution is 2.23. The van der Waals surface area contributed by atoms with Crippen molar-refractivity contribution in [2.45, 2.75) is 47.0 Å². The zero-order valence-electron chi connectivity index (χ0n) is 14.0. The van der Waals surface area contributed by atoms with Crippen molar-refractivity contribution in [3.8, 4) is 0 Å². The Labute approximate surface area is 128 Å². The van der Waals surface area contributed by atoms with Crippen LogP contribution in [-0.2, 0) is 4.79 Å². The first-order valence-electron chi connectivity index (χ1n) is 8.18. The summed E-state index contributed by atoms with van der Waals surface area (Å²) >= 11 is 0. The zero-order chi connectivity index (χ0) is 15.5. The van der Waals surface area contributed by atoms with Crippen molar-refractivity contribution in [2.75, 3.05) is 31.5 Å². The smallest absolute Gasteiger partial charge is 0.279 e. The van der Waals surface area contributed by atoms with Gasteiger partial charge in [-0.05, 0) is 58.1 Å². The summed E-state index contributed by atoms with van der Waals surface area (Å²) in [5.41, 5.74) is 4.55. The molecule has 3 heteroatoms. The van der Waals surface area contributed by atoms with E-state index in [1.54, 1.807) is 0 Å². The zero-order valence-corrected chi connectivity index (χ0v) is 14.0. The van der Waals surface area contributed by atoms with Gasteiger partial charge in [-0.3, -0.25) is 4.79 Å². The van der Waals surface area contributed by atoms with E-state index < -0.39 is 0 Å². The monoisotopic (exact) mass is 289 g/mol. The molecule has 1 aliphatic rings. The quantitative estimate of drug-likeness (QED) is 0.844. The molecular weight excluding hydrogens is 260 g/mol. The molecule has 0 aromatic heterocycles. The van der Waals surface area contributed by atoms with Gasteiger partial charge in [-0.2, -0.15) is 0 Å². The molecule has 1 heterocycles. The second-order valence-electron chi connectivity index (χ2n) is 6.65. The highest BCUT2D eigenvalue weighted by atomic mass is 16.2. The standard InChI is InChI=1S/C18H28N2O/c1-5-20(9-7-6-8-10-20)13-17(21)19-18-15(3)11-14(2)12-16(18)4/h11-12H,5-10,13H2,1-4H3/p+1. The fraction of sp³-hybridized carbons (Fsp3) is 0.611. The number of carbonyl (C=O) groups is 1. The van der Waals surface area contributed by atoms with Gasteiger partial charge in [-0.15, -0.1) is 0 Å². The highest BCUT2D eigenvalue weighted by molar-refractivity contribution is 5.93. The van der Waals surface area contributed by atoms with E-state index in [9.17, 15) is 4.79 Å². The van der Waals surface area contributed by atoms with Gasteiger partial charge in [0, 0.05) is 5.69 Å². The number of quaternary nitrogens is 1. The molecule has 1 aromatic rings. The van der Waals surface area contributed by atoms with Crippen LogP contribution in [0.15, 0.2) is 12.1 Å². The summed E-state index contributed by atoms with van der Waals surface area (Å²) in [7, 11) is 0. The maximum absolute atomic E-state index is 12.5. The van der Waals surface area contributed by atoms with Gasteiger partial charge < -0.3 is 9.80 Å². The van der Waals surface area contributed by atoms with Crippen molar-refractivity contribution < 1.29 is 9.28 Å². The Hall–Kier alpha value is -1.35. The summed E-state index contributed by atoms with van der Waals surface area (Å²) < 4.78 is 0.954. The van der Waals surface area contributed by atoms with Crippen LogP contribution in [0.25, 0.3) is 0 Å². The van der Waals surface area contributed by atoms with Crippen molar-refractivity contribution >= 4 is 11.6 Å². The van der Waals surface area contributed by atoms with Gasteiger partial charge >= 0.3 is 0 Å². The molecule has 0 atom stereocenters. The Bertz CT molecular complexity index is 493. The number of carbonyl (C=O) groups excluding carboxylic acids is 1. The van der Waals surface area contributed by atoms with Crippen LogP contribution >= 0.6 is 0 Å². The van der Waals surface area contributed by atoms with E-state index >= 15 is 0 Å². The second kappa shape index (κ2) is 6.61. The molecule has 0 saturated carbocycles. The van der Waals surface area contributed by atoms with Gasteiger partial charge in [0.25, 0.3) is 5.91 Å². The molecule has 2 rings (SSSR count). The molecule has 0 unspecified atom stereocenters. The molecule has 1 fully saturated rings. The van der Waals surface area contributed by atoms with E-state index in [4.69, 9.17) is 0 Å². The fourth-order valence-corrected chi connectivity index (χ4v) is 3.63. The molecule has 0 radical (unpaired) electrons. The molecule has 1 saturated heterocycles. The predicted molar refractivity (Wildman–Crippen MR) is 88.5 cm³/mol. The van der Waals surface area contributed by atoms with Crippen LogP contribution in [0.3, 0.4) is 0 Å². The lowest BCUT2D eigenvalue weighted by Crippen LogP contribution is -2.55. The third kappa shape index (κ3) is 3.85. The first kappa shape index (κ1) is 16.0. The molecular formula is C18H29N2O+. The number of piperidine rings is 1. The molecule has 116 valence electrons. The maximum atomic E-state index is 12.5. The van der Waals surface area contributed by atoms with Crippen LogP contribution < -0.4 is 5.32 Å². The summed E-state index contributed by atoms with van der Waals surface area (Å²) in [5.74, 6) is 0.161. The lowest BCUT2D eigenvalue weighted by molar-refractivity contribution is -0.923. The summed E-state index contributed by atoms with van der Waals surface area (Å²) in [6.45, 7) is 12.4. The number of hydrogen-bond donors (Lipinski definition) is 1. The van der Waals surface area contributed by atoms with E-state index in [1.807, 2.05) is 0 Å². The number of hydrogen-bond acceptors (Lipinski definition) is 1. The van der Waals surface area contributed by atoms with E-state index in [0.29, 0.717) is 6.54 Å². The van der Waals surface area contributed by atoms with Crippen molar-refractivity contribution in [1.82, 2.24) is 0 Å². The highest BCUT2D eigenvalue weighted by Gasteiger charge is 2.30. The number of rotatable bonds is 4. The third-order valence-electron chi connectivity index (χ3n) is 4.86. The van der Waals surface area contributed by atoms with E-state index in [-0.39, 0.29) is 5.91 Å². The van der Waals surface area contributed by atoms with E-state index in [1.165, 1.54) is 24.8 Å². The summed E-state index contributed by atoms with van der Waals surface area (Å²) in [6.07, 6.45) is 3.82. The molecule has 0 bridgehead atoms. The van der Waals surface area contributed by atoms with Gasteiger partial charge in [0.05, 0.1) is 19.6 Å². The number of benzene rings is 1. The number of amides is 1. The largest absolute Gasteiger partial charge is 0.321 e. The van der Waals surface area contributed by atoms with Crippen LogP contribution in [0.5, 0.6) is 0 Å². The van der Waals surface area contributed by atoms with Crippen LogP contribution in [0.1, 0.15) is 42.9 Å². The average Bonchev–Trinajstić information content (AvgIpc) is 2.44. The van der Waals surface area contributed by atoms with E-state index in [2.05, 4.69) is 45.1 Å². The first-order valence-corrected chi connectivity index (χ1v) is 8.18. The predicted octanol–water partition coefficient (Wildman–Crippen LogP) is 3.57. The molecule has 1 N–H and O–H groups in total. The Morgan fingerprint density at radius 2 is 1.67 bits per heavy atom. The van der Waals surface area contributed by atoms with Gasteiger partial charge in [-0.25, -0.2) is 0 Å². The Kier molecular flexibility index (Phi) is 5.04. The fourth-order valence-electron chi connectivity index (χ4n) is 3.63. The lowest BCUT2D eigenvalue weighted by Gasteiger charge is -2.40. The minimum Gasteiger partial charge on any atom is -0.321 e. The SMILES string of the molecule is CC[N+]1(CC(=O)Nc2c(C)cc(C)cc2C)CCCCC1. The number of nitrogens with one attached hydrogen (secondary N) is 1. The molecule has 1 aromatic carbocycles. The van der Waals surface area contributed by atoms with Gasteiger partial charge in [0.1, 0.15) is 0 Å². The molecule has 1 aliphatic heterocycles. The summed E-state index contributed by atoms with van der Waals surface area (Å²) in [6, 6.07) is 4.27. The molecule has 0 spiro atoms. The van der Waals surface area contributed by atoms with Crippen LogP contribution in [0.2, 0.25) is 0 Å². The average molecular weight is 289 g/mol. The van der Waals surface area contributed by atoms with Crippen LogP contribution in [0.4, 0.5) is 5.69 Å². The lowest BCUT2D eigenvalue weighted by atomic mass is 10.0. The van der Waals surface area contributed by atoms with Crippen molar-refractivity contribution in [2.24, 2.45) is 0 Å². The van der Waals surface area contributed by atoms with Gasteiger partial charge in [-0.1, -0.05) is 17.7 Å². The van der Waals surface area contributed by atoms with Crippen LogP contribution in [-0.4, -0.2) is 36.6 Å². The summed E-state index contributed by atoms with van der Waals surface area (Å²) in [4.78, 5) is 12.5. The number of likely N-dealkylation sites (tertiary alicyclic amines) is 1.